The van der Waals surface area contributed by atoms with Crippen molar-refractivity contribution in [3.63, 3.8) is 0 Å². The van der Waals surface area contributed by atoms with Gasteiger partial charge in [-0.3, -0.25) is 14.4 Å². The molecule has 2 atom stereocenters. The fourth-order valence-electron chi connectivity index (χ4n) is 4.04. The average Bonchev–Trinajstić information content (AvgIpc) is 2.96. The molecule has 1 aliphatic heterocycles. The zero-order valence-electron chi connectivity index (χ0n) is 19.4. The van der Waals surface area contributed by atoms with Crippen LogP contribution in [0.4, 0.5) is 5.69 Å². The number of anilines is 1. The Morgan fingerprint density at radius 3 is 2.29 bits per heavy atom. The van der Waals surface area contributed by atoms with Crippen LogP contribution in [0, 0.1) is 5.92 Å². The summed E-state index contributed by atoms with van der Waals surface area (Å²) in [7, 11) is 3.28. The van der Waals surface area contributed by atoms with E-state index in [4.69, 9.17) is 4.74 Å². The van der Waals surface area contributed by atoms with Gasteiger partial charge < -0.3 is 20.3 Å². The lowest BCUT2D eigenvalue weighted by molar-refractivity contribution is -0.136. The minimum absolute atomic E-state index is 0.267. The molecular weight excluding hydrogens is 430 g/mol. The summed E-state index contributed by atoms with van der Waals surface area (Å²) in [6.07, 6.45) is 0. The van der Waals surface area contributed by atoms with Crippen LogP contribution in [-0.2, 0) is 20.9 Å². The molecule has 7 nitrogen and oxygen atoms in total. The number of likely N-dealkylation sites (N-methyl/N-ethyl adjacent to an activating group) is 1. The van der Waals surface area contributed by atoms with Crippen LogP contribution in [0.3, 0.4) is 0 Å². The third kappa shape index (κ3) is 4.50. The number of fused-ring (bicyclic) bond motifs is 3. The van der Waals surface area contributed by atoms with Gasteiger partial charge in [-0.15, -0.1) is 0 Å². The van der Waals surface area contributed by atoms with Crippen molar-refractivity contribution < 1.29 is 19.1 Å². The fourth-order valence-corrected chi connectivity index (χ4v) is 4.04. The first-order valence-corrected chi connectivity index (χ1v) is 11.1. The van der Waals surface area contributed by atoms with Crippen molar-refractivity contribution in [2.24, 2.45) is 5.92 Å². The van der Waals surface area contributed by atoms with Crippen molar-refractivity contribution in [3.05, 3.63) is 83.9 Å². The highest BCUT2D eigenvalue weighted by Crippen LogP contribution is 2.39. The van der Waals surface area contributed by atoms with Gasteiger partial charge in [-0.25, -0.2) is 0 Å². The van der Waals surface area contributed by atoms with E-state index in [0.717, 1.165) is 28.1 Å². The van der Waals surface area contributed by atoms with E-state index in [-0.39, 0.29) is 12.5 Å². The van der Waals surface area contributed by atoms with E-state index in [1.807, 2.05) is 60.7 Å². The summed E-state index contributed by atoms with van der Waals surface area (Å²) >= 11 is 0. The van der Waals surface area contributed by atoms with Crippen LogP contribution in [0.1, 0.15) is 24.1 Å². The number of hydrogen-bond acceptors (Lipinski definition) is 4. The molecule has 0 aliphatic carbocycles. The van der Waals surface area contributed by atoms with E-state index in [0.29, 0.717) is 5.56 Å². The third-order valence-electron chi connectivity index (χ3n) is 6.10. The van der Waals surface area contributed by atoms with E-state index >= 15 is 0 Å². The Kier molecular flexibility index (Phi) is 6.63. The summed E-state index contributed by atoms with van der Waals surface area (Å²) in [4.78, 5) is 40.6. The Balaban J connectivity index is 1.50. The smallest absolute Gasteiger partial charge is 0.253 e. The molecule has 0 aromatic heterocycles. The molecule has 174 valence electrons. The average molecular weight is 458 g/mol. The van der Waals surface area contributed by atoms with Crippen LogP contribution < -0.4 is 20.3 Å². The molecule has 1 heterocycles. The zero-order chi connectivity index (χ0) is 24.2. The van der Waals surface area contributed by atoms with Crippen molar-refractivity contribution in [1.29, 1.82) is 0 Å². The molecule has 0 fully saturated rings. The number of carbonyl (C=O) groups is 3. The molecule has 0 bridgehead atoms. The van der Waals surface area contributed by atoms with Gasteiger partial charge in [-0.1, -0.05) is 54.6 Å². The Hall–Kier alpha value is -4.13. The van der Waals surface area contributed by atoms with Gasteiger partial charge in [0, 0.05) is 19.2 Å². The molecule has 4 rings (SSSR count). The number of nitrogens with one attached hydrogen (secondary N) is 2. The molecular formula is C27H27N3O4. The number of para-hydroxylation sites is 1. The first-order chi connectivity index (χ1) is 16.4. The minimum atomic E-state index is -0.978. The second-order valence-corrected chi connectivity index (χ2v) is 8.23. The van der Waals surface area contributed by atoms with Crippen molar-refractivity contribution in [1.82, 2.24) is 10.6 Å². The predicted octanol–water partition coefficient (Wildman–Crippen LogP) is 3.45. The highest BCUT2D eigenvalue weighted by atomic mass is 16.5. The molecule has 0 radical (unpaired) electrons. The lowest BCUT2D eigenvalue weighted by Crippen LogP contribution is -2.45. The fraction of sp³-hybridized carbons (Fsp3) is 0.222. The number of methoxy groups -OCH3 is 1. The zero-order valence-corrected chi connectivity index (χ0v) is 19.4. The highest BCUT2D eigenvalue weighted by molar-refractivity contribution is 6.07. The van der Waals surface area contributed by atoms with Crippen molar-refractivity contribution in [3.8, 4) is 16.9 Å². The number of ether oxygens (including phenoxy) is 1. The molecule has 0 spiro atoms. The van der Waals surface area contributed by atoms with Gasteiger partial charge in [0.05, 0.1) is 12.8 Å². The number of hydrogen-bond donors (Lipinski definition) is 2. The SMILES string of the molecule is COc1ccc(CNC(=O)[C@@H](C)C(=O)N[C@@H]2C(=O)N(C)c3ccccc3-c3ccccc32)cc1. The van der Waals surface area contributed by atoms with Gasteiger partial charge in [0.15, 0.2) is 0 Å². The van der Waals surface area contributed by atoms with Gasteiger partial charge in [0.25, 0.3) is 5.91 Å². The summed E-state index contributed by atoms with van der Waals surface area (Å²) in [5.74, 6) is -1.45. The number of nitrogens with zero attached hydrogens (tertiary/aromatic N) is 1. The molecule has 0 unspecified atom stereocenters. The van der Waals surface area contributed by atoms with E-state index in [1.54, 1.807) is 31.2 Å². The molecule has 1 aliphatic rings. The second kappa shape index (κ2) is 9.79. The Morgan fingerprint density at radius 2 is 1.59 bits per heavy atom. The van der Waals surface area contributed by atoms with Crippen LogP contribution >= 0.6 is 0 Å². The third-order valence-corrected chi connectivity index (χ3v) is 6.10. The summed E-state index contributed by atoms with van der Waals surface area (Å²) < 4.78 is 5.14. The lowest BCUT2D eigenvalue weighted by Gasteiger charge is -2.24. The number of benzene rings is 3. The number of carbonyl (C=O) groups excluding carboxylic acids is 3. The maximum Gasteiger partial charge on any atom is 0.253 e. The van der Waals surface area contributed by atoms with Gasteiger partial charge in [-0.05, 0) is 41.8 Å². The molecule has 2 N–H and O–H groups in total. The summed E-state index contributed by atoms with van der Waals surface area (Å²) in [5, 5.41) is 5.60. The number of amides is 3. The van der Waals surface area contributed by atoms with E-state index < -0.39 is 23.8 Å². The van der Waals surface area contributed by atoms with Gasteiger partial charge in [0.2, 0.25) is 11.8 Å². The van der Waals surface area contributed by atoms with Crippen LogP contribution in [0.25, 0.3) is 11.1 Å². The molecule has 7 heteroatoms. The maximum absolute atomic E-state index is 13.4. The van der Waals surface area contributed by atoms with Crippen LogP contribution in [0.15, 0.2) is 72.8 Å². The molecule has 3 aromatic rings. The number of rotatable bonds is 6. The lowest BCUT2D eigenvalue weighted by atomic mass is 9.95. The molecule has 34 heavy (non-hydrogen) atoms. The quantitative estimate of drug-likeness (QED) is 0.555. The molecule has 3 aromatic carbocycles. The Bertz CT molecular complexity index is 1220. The molecule has 0 saturated carbocycles. The first kappa shape index (κ1) is 23.0. The molecule has 3 amide bonds. The summed E-state index contributed by atoms with van der Waals surface area (Å²) in [5.41, 5.74) is 4.13. The van der Waals surface area contributed by atoms with E-state index in [9.17, 15) is 14.4 Å². The van der Waals surface area contributed by atoms with Gasteiger partial charge >= 0.3 is 0 Å². The Labute approximate surface area is 198 Å². The normalized spacial score (nSPS) is 15.4. The summed E-state index contributed by atoms with van der Waals surface area (Å²) in [6, 6.07) is 21.5. The monoisotopic (exact) mass is 457 g/mol. The second-order valence-electron chi connectivity index (χ2n) is 8.23. The highest BCUT2D eigenvalue weighted by Gasteiger charge is 2.34. The maximum atomic E-state index is 13.4. The van der Waals surface area contributed by atoms with Crippen molar-refractivity contribution in [2.75, 3.05) is 19.1 Å². The predicted molar refractivity (Wildman–Crippen MR) is 130 cm³/mol. The van der Waals surface area contributed by atoms with Crippen molar-refractivity contribution >= 4 is 23.4 Å². The van der Waals surface area contributed by atoms with E-state index in [1.165, 1.54) is 6.92 Å². The standard InChI is InChI=1S/C27H27N3O4/c1-17(25(31)28-16-18-12-14-19(34-3)15-13-18)26(32)29-24-22-10-5-4-8-20(22)21-9-6-7-11-23(21)30(2)27(24)33/h4-15,17,24H,16H2,1-3H3,(H,28,31)(H,29,32)/t17-,24+/m1/s1. The largest absolute Gasteiger partial charge is 0.497 e. The molecule has 0 saturated heterocycles. The van der Waals surface area contributed by atoms with E-state index in [2.05, 4.69) is 10.6 Å². The Morgan fingerprint density at radius 1 is 0.941 bits per heavy atom. The first-order valence-electron chi connectivity index (χ1n) is 11.1. The summed E-state index contributed by atoms with van der Waals surface area (Å²) in [6.45, 7) is 1.81. The van der Waals surface area contributed by atoms with Crippen LogP contribution in [-0.4, -0.2) is 31.9 Å². The van der Waals surface area contributed by atoms with Gasteiger partial charge in [-0.2, -0.15) is 0 Å². The van der Waals surface area contributed by atoms with Gasteiger partial charge in [0.1, 0.15) is 17.7 Å². The van der Waals surface area contributed by atoms with Crippen LogP contribution in [0.2, 0.25) is 0 Å². The topological polar surface area (TPSA) is 87.7 Å². The minimum Gasteiger partial charge on any atom is -0.497 e. The van der Waals surface area contributed by atoms with Crippen LogP contribution in [0.5, 0.6) is 5.75 Å². The van der Waals surface area contributed by atoms with Crippen molar-refractivity contribution in [2.45, 2.75) is 19.5 Å².